The molecule has 3 aromatic rings. The minimum atomic E-state index is -4.18. The molecule has 29 heavy (non-hydrogen) atoms. The van der Waals surface area contributed by atoms with Crippen LogP contribution in [0, 0.1) is 0 Å². The predicted molar refractivity (Wildman–Crippen MR) is 113 cm³/mol. The number of oxime groups is 1. The smallest absolute Gasteiger partial charge is 0.274 e. The highest BCUT2D eigenvalue weighted by Gasteiger charge is 2.46. The number of benzene rings is 2. The van der Waals surface area contributed by atoms with Gasteiger partial charge in [-0.2, -0.15) is 0 Å². The first-order valence-corrected chi connectivity index (χ1v) is 11.3. The summed E-state index contributed by atoms with van der Waals surface area (Å²) >= 11 is 6.86. The maximum Gasteiger partial charge on any atom is 0.274 e. The fraction of sp³-hybridized carbons (Fsp3) is 0.100. The first-order chi connectivity index (χ1) is 14.0. The summed E-state index contributed by atoms with van der Waals surface area (Å²) in [4.78, 5) is 18.2. The zero-order valence-corrected chi connectivity index (χ0v) is 17.2. The van der Waals surface area contributed by atoms with E-state index >= 15 is 0 Å². The summed E-state index contributed by atoms with van der Waals surface area (Å²) in [5, 5.41) is 2.86. The van der Waals surface area contributed by atoms with Crippen molar-refractivity contribution in [3.05, 3.63) is 93.1 Å². The third-order valence-corrected chi connectivity index (χ3v) is 7.21. The lowest BCUT2D eigenvalue weighted by atomic mass is 10.00. The molecule has 0 spiro atoms. The second-order valence-electron chi connectivity index (χ2n) is 6.28. The lowest BCUT2D eigenvalue weighted by Gasteiger charge is -2.20. The molecule has 0 saturated carbocycles. The first-order valence-electron chi connectivity index (χ1n) is 8.61. The molecule has 0 fully saturated rings. The Morgan fingerprint density at radius 1 is 1.00 bits per heavy atom. The molecule has 1 amide bonds. The third-order valence-electron chi connectivity index (χ3n) is 4.37. The van der Waals surface area contributed by atoms with E-state index in [9.17, 15) is 13.2 Å². The summed E-state index contributed by atoms with van der Waals surface area (Å²) in [7, 11) is -4.18. The Hall–Kier alpha value is -2.68. The average Bonchev–Trinajstić information content (AvgIpc) is 3.36. The van der Waals surface area contributed by atoms with Gasteiger partial charge in [-0.25, -0.2) is 13.1 Å². The number of carbonyl (C=O) groups is 1. The number of sulfonamides is 1. The van der Waals surface area contributed by atoms with Crippen LogP contribution in [0.1, 0.15) is 26.9 Å². The molecule has 2 atom stereocenters. The second-order valence-corrected chi connectivity index (χ2v) is 9.80. The van der Waals surface area contributed by atoms with Crippen LogP contribution in [0.4, 0.5) is 0 Å². The Kier molecular flexibility index (Phi) is 5.40. The molecule has 2 unspecified atom stereocenters. The van der Waals surface area contributed by atoms with Gasteiger partial charge in [0.1, 0.15) is 5.71 Å². The van der Waals surface area contributed by atoms with E-state index in [-0.39, 0.29) is 10.6 Å². The molecular weight excluding hydrogens is 432 g/mol. The Balaban J connectivity index is 1.71. The zero-order chi connectivity index (χ0) is 20.4. The van der Waals surface area contributed by atoms with Crippen molar-refractivity contribution in [3.8, 4) is 0 Å². The zero-order valence-electron chi connectivity index (χ0n) is 14.9. The van der Waals surface area contributed by atoms with Crippen molar-refractivity contribution in [3.63, 3.8) is 0 Å². The summed E-state index contributed by atoms with van der Waals surface area (Å²) in [5.74, 6) is -0.743. The van der Waals surface area contributed by atoms with Crippen LogP contribution in [0.2, 0.25) is 4.34 Å². The van der Waals surface area contributed by atoms with Crippen LogP contribution in [0.5, 0.6) is 0 Å². The Morgan fingerprint density at radius 3 is 2.28 bits per heavy atom. The van der Waals surface area contributed by atoms with Crippen LogP contribution in [0.25, 0.3) is 0 Å². The van der Waals surface area contributed by atoms with Gasteiger partial charge in [-0.15, -0.1) is 11.3 Å². The SMILES string of the molecule is O=C(NS(=O)(=O)C1C(c2ccccc2)=NOC1c1ccccc1)c1ccc(Cl)s1. The molecule has 148 valence electrons. The lowest BCUT2D eigenvalue weighted by molar-refractivity contribution is 0.0865. The van der Waals surface area contributed by atoms with Crippen LogP contribution in [-0.4, -0.2) is 25.3 Å². The fourth-order valence-corrected chi connectivity index (χ4v) is 5.56. The molecule has 0 bridgehead atoms. The Morgan fingerprint density at radius 2 is 1.66 bits per heavy atom. The molecule has 1 aromatic heterocycles. The number of hydrogen-bond acceptors (Lipinski definition) is 6. The number of nitrogens with one attached hydrogen (secondary N) is 1. The first kappa shape index (κ1) is 19.6. The maximum absolute atomic E-state index is 13.3. The molecule has 1 N–H and O–H groups in total. The third kappa shape index (κ3) is 4.05. The summed E-state index contributed by atoms with van der Waals surface area (Å²) in [6, 6.07) is 20.8. The van der Waals surface area contributed by atoms with E-state index in [1.807, 2.05) is 12.1 Å². The van der Waals surface area contributed by atoms with Gasteiger partial charge in [-0.1, -0.05) is 77.4 Å². The van der Waals surface area contributed by atoms with E-state index in [4.69, 9.17) is 16.4 Å². The summed E-state index contributed by atoms with van der Waals surface area (Å²) in [6.45, 7) is 0. The molecule has 1 aliphatic rings. The number of carbonyl (C=O) groups excluding carboxylic acids is 1. The number of nitrogens with zero attached hydrogens (tertiary/aromatic N) is 1. The molecule has 1 aliphatic heterocycles. The van der Waals surface area contributed by atoms with Gasteiger partial charge in [0, 0.05) is 5.56 Å². The van der Waals surface area contributed by atoms with Crippen molar-refractivity contribution in [1.29, 1.82) is 0 Å². The van der Waals surface area contributed by atoms with Gasteiger partial charge >= 0.3 is 0 Å². The largest absolute Gasteiger partial charge is 0.385 e. The van der Waals surface area contributed by atoms with Crippen LogP contribution in [-0.2, 0) is 14.9 Å². The molecule has 4 rings (SSSR count). The van der Waals surface area contributed by atoms with Crippen molar-refractivity contribution < 1.29 is 18.0 Å². The Labute approximate surface area is 176 Å². The number of amides is 1. The van der Waals surface area contributed by atoms with Gasteiger partial charge in [-0.3, -0.25) is 4.79 Å². The van der Waals surface area contributed by atoms with E-state index in [0.717, 1.165) is 11.3 Å². The van der Waals surface area contributed by atoms with Crippen LogP contribution in [0.15, 0.2) is 78.0 Å². The summed E-state index contributed by atoms with van der Waals surface area (Å²) in [6.07, 6.45) is -0.886. The normalized spacial score (nSPS) is 18.7. The minimum Gasteiger partial charge on any atom is -0.385 e. The van der Waals surface area contributed by atoms with Gasteiger partial charge in [0.15, 0.2) is 11.4 Å². The molecule has 0 aliphatic carbocycles. The molecule has 9 heteroatoms. The number of rotatable bonds is 5. The van der Waals surface area contributed by atoms with E-state index in [2.05, 4.69) is 9.88 Å². The molecule has 0 saturated heterocycles. The van der Waals surface area contributed by atoms with Crippen LogP contribution in [0.3, 0.4) is 0 Å². The standard InChI is InChI=1S/C20H15ClN2O4S2/c21-16-12-11-15(28-16)20(24)23-29(25,26)19-17(13-7-3-1-4-8-13)22-27-18(19)14-9-5-2-6-10-14/h1-12,18-19H,(H,23,24). The van der Waals surface area contributed by atoms with Gasteiger partial charge in [0.05, 0.1) is 9.21 Å². The van der Waals surface area contributed by atoms with Gasteiger partial charge < -0.3 is 4.84 Å². The Bertz CT molecular complexity index is 1160. The van der Waals surface area contributed by atoms with Crippen molar-refractivity contribution in [1.82, 2.24) is 4.72 Å². The topological polar surface area (TPSA) is 84.8 Å². The maximum atomic E-state index is 13.3. The number of hydrogen-bond donors (Lipinski definition) is 1. The molecule has 6 nitrogen and oxygen atoms in total. The number of thiophene rings is 1. The molecule has 2 heterocycles. The van der Waals surface area contributed by atoms with Gasteiger partial charge in [0.25, 0.3) is 5.91 Å². The minimum absolute atomic E-state index is 0.201. The monoisotopic (exact) mass is 446 g/mol. The number of halogens is 1. The van der Waals surface area contributed by atoms with Crippen molar-refractivity contribution in [2.75, 3.05) is 0 Å². The highest BCUT2D eigenvalue weighted by Crippen LogP contribution is 2.34. The summed E-state index contributed by atoms with van der Waals surface area (Å²) < 4.78 is 29.1. The van der Waals surface area contributed by atoms with E-state index in [0.29, 0.717) is 15.5 Å². The van der Waals surface area contributed by atoms with Crippen LogP contribution < -0.4 is 4.72 Å². The fourth-order valence-electron chi connectivity index (χ4n) is 3.06. The molecule has 2 aromatic carbocycles. The van der Waals surface area contributed by atoms with E-state index in [1.54, 1.807) is 48.5 Å². The van der Waals surface area contributed by atoms with Gasteiger partial charge in [-0.05, 0) is 17.7 Å². The van der Waals surface area contributed by atoms with E-state index in [1.165, 1.54) is 12.1 Å². The highest BCUT2D eigenvalue weighted by atomic mass is 35.5. The second kappa shape index (κ2) is 7.98. The van der Waals surface area contributed by atoms with E-state index < -0.39 is 27.3 Å². The van der Waals surface area contributed by atoms with Crippen LogP contribution >= 0.6 is 22.9 Å². The predicted octanol–water partition coefficient (Wildman–Crippen LogP) is 4.01. The van der Waals surface area contributed by atoms with Crippen molar-refractivity contribution in [2.24, 2.45) is 5.16 Å². The quantitative estimate of drug-likeness (QED) is 0.641. The van der Waals surface area contributed by atoms with Crippen molar-refractivity contribution >= 4 is 44.6 Å². The summed E-state index contributed by atoms with van der Waals surface area (Å²) in [5.41, 5.74) is 1.49. The lowest BCUT2D eigenvalue weighted by Crippen LogP contribution is -2.43. The molecular formula is C20H15ClN2O4S2. The van der Waals surface area contributed by atoms with Gasteiger partial charge in [0.2, 0.25) is 10.0 Å². The average molecular weight is 447 g/mol. The highest BCUT2D eigenvalue weighted by molar-refractivity contribution is 7.91. The molecule has 0 radical (unpaired) electrons. The van der Waals surface area contributed by atoms with Crippen molar-refractivity contribution in [2.45, 2.75) is 11.4 Å².